The molecule has 29 heavy (non-hydrogen) atoms. The maximum atomic E-state index is 12.2. The summed E-state index contributed by atoms with van der Waals surface area (Å²) in [4.78, 5) is 12.2. The fourth-order valence-electron chi connectivity index (χ4n) is 5.50. The third-order valence-electron chi connectivity index (χ3n) is 6.79. The summed E-state index contributed by atoms with van der Waals surface area (Å²) in [5, 5.41) is 11.4. The standard InChI is InChI=1S/C25H29NO2Si/c1-25(2,3)29(19-10-6-4-7-11-19,20-12-8-5-9-13-20)28-18-16-21-22(17-18)24(21)23(27)14-15-26/h4-13,18,21-22,24H,14,16-17H2,1-3H3/t18?,21-,22+,24-. The van der Waals surface area contributed by atoms with Crippen LogP contribution in [0.25, 0.3) is 0 Å². The van der Waals surface area contributed by atoms with Gasteiger partial charge >= 0.3 is 0 Å². The molecule has 2 aromatic rings. The summed E-state index contributed by atoms with van der Waals surface area (Å²) < 4.78 is 7.19. The Labute approximate surface area is 174 Å². The van der Waals surface area contributed by atoms with Crippen LogP contribution in [0, 0.1) is 29.1 Å². The lowest BCUT2D eigenvalue weighted by molar-refractivity contribution is -0.120. The molecule has 0 aliphatic heterocycles. The molecule has 4 atom stereocenters. The molecule has 1 unspecified atom stereocenters. The van der Waals surface area contributed by atoms with Crippen molar-refractivity contribution >= 4 is 24.5 Å². The Kier molecular flexibility index (Phi) is 5.23. The molecule has 2 aromatic carbocycles. The minimum atomic E-state index is -2.53. The van der Waals surface area contributed by atoms with E-state index in [0.717, 1.165) is 12.8 Å². The zero-order valence-electron chi connectivity index (χ0n) is 17.5. The summed E-state index contributed by atoms with van der Waals surface area (Å²) in [5.41, 5.74) is 0. The average Bonchev–Trinajstić information content (AvgIpc) is 3.22. The highest BCUT2D eigenvalue weighted by Crippen LogP contribution is 2.59. The van der Waals surface area contributed by atoms with Crippen molar-refractivity contribution in [2.24, 2.45) is 17.8 Å². The van der Waals surface area contributed by atoms with Crippen molar-refractivity contribution in [3.63, 3.8) is 0 Å². The van der Waals surface area contributed by atoms with E-state index in [1.807, 2.05) is 6.07 Å². The molecule has 0 amide bonds. The molecule has 2 saturated carbocycles. The van der Waals surface area contributed by atoms with Gasteiger partial charge in [-0.05, 0) is 40.1 Å². The number of Topliss-reactive ketones (excluding diaryl/α,β-unsaturated/α-hetero) is 1. The number of rotatable bonds is 6. The highest BCUT2D eigenvalue weighted by atomic mass is 28.4. The van der Waals surface area contributed by atoms with Gasteiger partial charge in [-0.25, -0.2) is 0 Å². The van der Waals surface area contributed by atoms with Crippen LogP contribution in [0.2, 0.25) is 5.04 Å². The Hall–Kier alpha value is -2.22. The van der Waals surface area contributed by atoms with Gasteiger partial charge in [0.1, 0.15) is 0 Å². The molecule has 2 fully saturated rings. The van der Waals surface area contributed by atoms with E-state index in [9.17, 15) is 4.79 Å². The van der Waals surface area contributed by atoms with Gasteiger partial charge in [0.2, 0.25) is 0 Å². The predicted octanol–water partition coefficient (Wildman–Crippen LogP) is 4.07. The van der Waals surface area contributed by atoms with Crippen LogP contribution in [0.1, 0.15) is 40.0 Å². The van der Waals surface area contributed by atoms with Crippen molar-refractivity contribution in [2.75, 3.05) is 0 Å². The lowest BCUT2D eigenvalue weighted by Crippen LogP contribution is -2.67. The summed E-state index contributed by atoms with van der Waals surface area (Å²) >= 11 is 0. The number of carbonyl (C=O) groups is 1. The van der Waals surface area contributed by atoms with E-state index in [0.29, 0.717) is 11.8 Å². The Morgan fingerprint density at radius 1 is 1.00 bits per heavy atom. The molecule has 0 saturated heterocycles. The first-order valence-corrected chi connectivity index (χ1v) is 12.5. The van der Waals surface area contributed by atoms with Crippen LogP contribution in [0.3, 0.4) is 0 Å². The van der Waals surface area contributed by atoms with Gasteiger partial charge in [-0.15, -0.1) is 0 Å². The molecule has 150 valence electrons. The molecule has 3 nitrogen and oxygen atoms in total. The normalized spacial score (nSPS) is 25.9. The first-order chi connectivity index (χ1) is 13.9. The molecule has 0 heterocycles. The van der Waals surface area contributed by atoms with Crippen LogP contribution in [0.5, 0.6) is 0 Å². The van der Waals surface area contributed by atoms with E-state index in [-0.39, 0.29) is 29.3 Å². The number of fused-ring (bicyclic) bond motifs is 1. The van der Waals surface area contributed by atoms with Gasteiger partial charge in [0.15, 0.2) is 5.78 Å². The quantitative estimate of drug-likeness (QED) is 0.683. The van der Waals surface area contributed by atoms with E-state index in [2.05, 4.69) is 81.4 Å². The minimum absolute atomic E-state index is 0.0292. The number of nitriles is 1. The number of carbonyl (C=O) groups excluding carboxylic acids is 1. The Morgan fingerprint density at radius 3 is 1.90 bits per heavy atom. The van der Waals surface area contributed by atoms with Crippen molar-refractivity contribution in [3.05, 3.63) is 60.7 Å². The van der Waals surface area contributed by atoms with E-state index >= 15 is 0 Å². The number of hydrogen-bond acceptors (Lipinski definition) is 3. The topological polar surface area (TPSA) is 50.1 Å². The van der Waals surface area contributed by atoms with Gasteiger partial charge in [0.05, 0.1) is 12.5 Å². The molecule has 0 N–H and O–H groups in total. The van der Waals surface area contributed by atoms with Crippen LogP contribution in [-0.4, -0.2) is 20.2 Å². The smallest absolute Gasteiger partial charge is 0.261 e. The number of ketones is 1. The van der Waals surface area contributed by atoms with Gasteiger partial charge in [-0.1, -0.05) is 81.4 Å². The first-order valence-electron chi connectivity index (χ1n) is 10.6. The maximum absolute atomic E-state index is 12.2. The van der Waals surface area contributed by atoms with Gasteiger partial charge in [0, 0.05) is 12.0 Å². The van der Waals surface area contributed by atoms with Crippen LogP contribution in [-0.2, 0) is 9.22 Å². The number of nitrogens with zero attached hydrogens (tertiary/aromatic N) is 1. The molecular formula is C25H29NO2Si. The van der Waals surface area contributed by atoms with E-state index in [1.165, 1.54) is 10.4 Å². The van der Waals surface area contributed by atoms with Gasteiger partial charge in [0.25, 0.3) is 8.32 Å². The second-order valence-corrected chi connectivity index (χ2v) is 13.8. The monoisotopic (exact) mass is 403 g/mol. The van der Waals surface area contributed by atoms with Crippen molar-refractivity contribution in [2.45, 2.75) is 51.2 Å². The zero-order valence-corrected chi connectivity index (χ0v) is 18.5. The Bertz CT molecular complexity index is 862. The summed E-state index contributed by atoms with van der Waals surface area (Å²) in [5.74, 6) is 1.07. The van der Waals surface area contributed by atoms with Crippen LogP contribution in [0.15, 0.2) is 60.7 Å². The molecule has 4 rings (SSSR count). The third kappa shape index (κ3) is 3.47. The maximum Gasteiger partial charge on any atom is 0.261 e. The summed E-state index contributed by atoms with van der Waals surface area (Å²) in [6, 6.07) is 23.5. The molecule has 4 heteroatoms. The lowest BCUT2D eigenvalue weighted by Gasteiger charge is -2.45. The van der Waals surface area contributed by atoms with E-state index < -0.39 is 8.32 Å². The molecule has 2 aliphatic carbocycles. The molecule has 0 radical (unpaired) electrons. The molecule has 0 aromatic heterocycles. The number of benzene rings is 2. The van der Waals surface area contributed by atoms with Crippen LogP contribution in [0.4, 0.5) is 0 Å². The third-order valence-corrected chi connectivity index (χ3v) is 11.9. The molecular weight excluding hydrogens is 374 g/mol. The SMILES string of the molecule is CC(C)(C)[Si](OC1C[C@@H]2[C@H](C1)[C@@H]2C(=O)CC#N)(c1ccccc1)c1ccccc1. The van der Waals surface area contributed by atoms with Crippen molar-refractivity contribution in [1.82, 2.24) is 0 Å². The Morgan fingerprint density at radius 2 is 1.48 bits per heavy atom. The van der Waals surface area contributed by atoms with Crippen molar-refractivity contribution in [3.8, 4) is 6.07 Å². The van der Waals surface area contributed by atoms with Crippen molar-refractivity contribution < 1.29 is 9.22 Å². The number of hydrogen-bond donors (Lipinski definition) is 0. The minimum Gasteiger partial charge on any atom is -0.404 e. The highest BCUT2D eigenvalue weighted by molar-refractivity contribution is 6.99. The first kappa shape index (κ1) is 20.1. The molecule has 0 bridgehead atoms. The van der Waals surface area contributed by atoms with Crippen molar-refractivity contribution in [1.29, 1.82) is 5.26 Å². The second kappa shape index (κ2) is 7.55. The van der Waals surface area contributed by atoms with Gasteiger partial charge < -0.3 is 4.43 Å². The van der Waals surface area contributed by atoms with E-state index in [1.54, 1.807) is 0 Å². The molecule has 2 aliphatic rings. The molecule has 0 spiro atoms. The summed E-state index contributed by atoms with van der Waals surface area (Å²) in [6.45, 7) is 6.90. The second-order valence-electron chi connectivity index (χ2n) is 9.53. The zero-order chi connectivity index (χ0) is 20.6. The highest BCUT2D eigenvalue weighted by Gasteiger charge is 2.61. The lowest BCUT2D eigenvalue weighted by atomic mass is 10.0. The summed E-state index contributed by atoms with van der Waals surface area (Å²) in [7, 11) is -2.53. The fraction of sp³-hybridized carbons (Fsp3) is 0.440. The largest absolute Gasteiger partial charge is 0.404 e. The Balaban J connectivity index is 1.65. The fourth-order valence-corrected chi connectivity index (χ4v) is 10.2. The average molecular weight is 404 g/mol. The summed E-state index contributed by atoms with van der Waals surface area (Å²) in [6.07, 6.45) is 2.12. The van der Waals surface area contributed by atoms with Crippen LogP contribution < -0.4 is 10.4 Å². The van der Waals surface area contributed by atoms with Gasteiger partial charge in [-0.2, -0.15) is 5.26 Å². The predicted molar refractivity (Wildman–Crippen MR) is 117 cm³/mol. The van der Waals surface area contributed by atoms with E-state index in [4.69, 9.17) is 9.69 Å². The van der Waals surface area contributed by atoms with Crippen LogP contribution >= 0.6 is 0 Å². The van der Waals surface area contributed by atoms with Gasteiger partial charge in [-0.3, -0.25) is 4.79 Å².